The minimum Gasteiger partial charge on any atom is -0.291 e. The lowest BCUT2D eigenvalue weighted by Crippen LogP contribution is -2.24. The first-order valence-electron chi connectivity index (χ1n) is 6.83. The first-order chi connectivity index (χ1) is 10.1. The minimum absolute atomic E-state index is 0.0129. The van der Waals surface area contributed by atoms with Crippen molar-refractivity contribution >= 4 is 28.6 Å². The highest BCUT2D eigenvalue weighted by Gasteiger charge is 2.29. The lowest BCUT2D eigenvalue weighted by atomic mass is 10.2. The molecule has 0 saturated heterocycles. The van der Waals surface area contributed by atoms with Gasteiger partial charge in [-0.05, 0) is 35.9 Å². The summed E-state index contributed by atoms with van der Waals surface area (Å²) in [6, 6.07) is 9.86. The first kappa shape index (κ1) is 14.5. The standard InChI is InChI=1S/C15H15ClN2O2S/c16-14-6-3-11(8-15(14)18(19)20)9-17(12-4-5-12)10-13-2-1-7-21-13/h1-3,6-8,12H,4-5,9-10H2. The van der Waals surface area contributed by atoms with Crippen LogP contribution in [0.15, 0.2) is 35.7 Å². The highest BCUT2D eigenvalue weighted by Crippen LogP contribution is 2.32. The van der Waals surface area contributed by atoms with Crippen LogP contribution in [0, 0.1) is 10.1 Å². The number of benzene rings is 1. The minimum atomic E-state index is -0.424. The van der Waals surface area contributed by atoms with Gasteiger partial charge in [0.25, 0.3) is 5.69 Å². The van der Waals surface area contributed by atoms with Crippen molar-refractivity contribution in [1.29, 1.82) is 0 Å². The number of nitrogens with zero attached hydrogens (tertiary/aromatic N) is 2. The van der Waals surface area contributed by atoms with Gasteiger partial charge in [0, 0.05) is 30.1 Å². The van der Waals surface area contributed by atoms with Crippen LogP contribution in [-0.2, 0) is 13.1 Å². The van der Waals surface area contributed by atoms with Gasteiger partial charge in [-0.2, -0.15) is 0 Å². The van der Waals surface area contributed by atoms with Gasteiger partial charge >= 0.3 is 0 Å². The smallest absolute Gasteiger partial charge is 0.288 e. The molecule has 1 saturated carbocycles. The molecule has 0 aliphatic heterocycles. The summed E-state index contributed by atoms with van der Waals surface area (Å²) < 4.78 is 0. The molecule has 0 unspecified atom stereocenters. The van der Waals surface area contributed by atoms with Crippen molar-refractivity contribution in [3.63, 3.8) is 0 Å². The van der Waals surface area contributed by atoms with Crippen molar-refractivity contribution in [2.45, 2.75) is 32.0 Å². The number of thiophene rings is 1. The monoisotopic (exact) mass is 322 g/mol. The Morgan fingerprint density at radius 2 is 2.14 bits per heavy atom. The summed E-state index contributed by atoms with van der Waals surface area (Å²) in [5, 5.41) is 13.2. The third-order valence-electron chi connectivity index (χ3n) is 3.60. The predicted molar refractivity (Wildman–Crippen MR) is 84.7 cm³/mol. The van der Waals surface area contributed by atoms with Crippen molar-refractivity contribution < 1.29 is 4.92 Å². The molecule has 0 radical (unpaired) electrons. The van der Waals surface area contributed by atoms with Crippen LogP contribution in [0.4, 0.5) is 5.69 Å². The number of rotatable bonds is 6. The Morgan fingerprint density at radius 3 is 2.76 bits per heavy atom. The third kappa shape index (κ3) is 3.61. The lowest BCUT2D eigenvalue weighted by Gasteiger charge is -2.21. The van der Waals surface area contributed by atoms with Crippen LogP contribution in [0.3, 0.4) is 0 Å². The summed E-state index contributed by atoms with van der Waals surface area (Å²) in [7, 11) is 0. The molecule has 1 aliphatic rings. The molecule has 3 rings (SSSR count). The largest absolute Gasteiger partial charge is 0.291 e. The van der Waals surface area contributed by atoms with E-state index in [4.69, 9.17) is 11.6 Å². The fourth-order valence-electron chi connectivity index (χ4n) is 2.39. The maximum Gasteiger partial charge on any atom is 0.288 e. The van der Waals surface area contributed by atoms with E-state index in [9.17, 15) is 10.1 Å². The van der Waals surface area contributed by atoms with Gasteiger partial charge in [-0.3, -0.25) is 15.0 Å². The molecule has 1 aromatic heterocycles. The van der Waals surface area contributed by atoms with E-state index in [1.54, 1.807) is 23.5 Å². The van der Waals surface area contributed by atoms with Crippen LogP contribution in [0.25, 0.3) is 0 Å². The molecule has 0 N–H and O–H groups in total. The SMILES string of the molecule is O=[N+]([O-])c1cc(CN(Cc2cccs2)C2CC2)ccc1Cl. The van der Waals surface area contributed by atoms with E-state index in [0.717, 1.165) is 18.7 Å². The molecule has 4 nitrogen and oxygen atoms in total. The summed E-state index contributed by atoms with van der Waals surface area (Å²) in [4.78, 5) is 14.3. The molecule has 6 heteroatoms. The predicted octanol–water partition coefficient (Wildman–Crippen LogP) is 4.47. The number of nitro groups is 1. The summed E-state index contributed by atoms with van der Waals surface area (Å²) >= 11 is 7.61. The summed E-state index contributed by atoms with van der Waals surface area (Å²) in [5.74, 6) is 0. The van der Waals surface area contributed by atoms with Gasteiger partial charge in [-0.1, -0.05) is 23.7 Å². The highest BCUT2D eigenvalue weighted by atomic mass is 35.5. The van der Waals surface area contributed by atoms with Gasteiger partial charge in [-0.25, -0.2) is 0 Å². The number of halogens is 1. The van der Waals surface area contributed by atoms with Crippen LogP contribution in [0.5, 0.6) is 0 Å². The Hall–Kier alpha value is -1.43. The molecule has 0 bridgehead atoms. The molecule has 1 aromatic carbocycles. The fourth-order valence-corrected chi connectivity index (χ4v) is 3.30. The van der Waals surface area contributed by atoms with Crippen molar-refractivity contribution in [2.75, 3.05) is 0 Å². The van der Waals surface area contributed by atoms with Crippen molar-refractivity contribution in [1.82, 2.24) is 4.90 Å². The van der Waals surface area contributed by atoms with Gasteiger partial charge in [0.05, 0.1) is 4.92 Å². The zero-order chi connectivity index (χ0) is 14.8. The van der Waals surface area contributed by atoms with E-state index in [1.165, 1.54) is 17.7 Å². The molecule has 1 aliphatic carbocycles. The van der Waals surface area contributed by atoms with E-state index < -0.39 is 4.92 Å². The van der Waals surface area contributed by atoms with Crippen molar-refractivity contribution in [2.24, 2.45) is 0 Å². The molecule has 2 aromatic rings. The van der Waals surface area contributed by atoms with E-state index in [2.05, 4.69) is 22.4 Å². The molecule has 0 spiro atoms. The normalized spacial score (nSPS) is 14.6. The third-order valence-corrected chi connectivity index (χ3v) is 4.78. The van der Waals surface area contributed by atoms with E-state index in [-0.39, 0.29) is 10.7 Å². The van der Waals surface area contributed by atoms with Gasteiger partial charge in [0.2, 0.25) is 0 Å². The van der Waals surface area contributed by atoms with E-state index in [0.29, 0.717) is 6.04 Å². The summed E-state index contributed by atoms with van der Waals surface area (Å²) in [6.45, 7) is 1.62. The Bertz CT molecular complexity index is 641. The summed E-state index contributed by atoms with van der Waals surface area (Å²) in [6.07, 6.45) is 2.42. The second-order valence-corrected chi connectivity index (χ2v) is 6.70. The van der Waals surface area contributed by atoms with E-state index >= 15 is 0 Å². The molecule has 1 fully saturated rings. The van der Waals surface area contributed by atoms with Gasteiger partial charge in [0.15, 0.2) is 0 Å². The fraction of sp³-hybridized carbons (Fsp3) is 0.333. The Kier molecular flexibility index (Phi) is 4.24. The average Bonchev–Trinajstić information content (AvgIpc) is 3.18. The van der Waals surface area contributed by atoms with Crippen molar-refractivity contribution in [3.8, 4) is 0 Å². The first-order valence-corrected chi connectivity index (χ1v) is 8.08. The second kappa shape index (κ2) is 6.13. The van der Waals surface area contributed by atoms with Gasteiger partial charge < -0.3 is 0 Å². The maximum absolute atomic E-state index is 11.0. The number of nitro benzene ring substituents is 1. The molecular weight excluding hydrogens is 308 g/mol. The number of hydrogen-bond acceptors (Lipinski definition) is 4. The van der Waals surface area contributed by atoms with E-state index in [1.807, 2.05) is 6.07 Å². The van der Waals surface area contributed by atoms with Crippen LogP contribution < -0.4 is 0 Å². The van der Waals surface area contributed by atoms with Crippen LogP contribution in [-0.4, -0.2) is 15.9 Å². The topological polar surface area (TPSA) is 46.4 Å². The summed E-state index contributed by atoms with van der Waals surface area (Å²) in [5.41, 5.74) is 0.926. The van der Waals surface area contributed by atoms with Crippen LogP contribution in [0.1, 0.15) is 23.3 Å². The second-order valence-electron chi connectivity index (χ2n) is 5.26. The quantitative estimate of drug-likeness (QED) is 0.582. The molecule has 21 heavy (non-hydrogen) atoms. The zero-order valence-electron chi connectivity index (χ0n) is 11.4. The molecule has 1 heterocycles. The van der Waals surface area contributed by atoms with Crippen LogP contribution in [0.2, 0.25) is 5.02 Å². The van der Waals surface area contributed by atoms with Gasteiger partial charge in [-0.15, -0.1) is 11.3 Å². The van der Waals surface area contributed by atoms with Gasteiger partial charge in [0.1, 0.15) is 5.02 Å². The molecular formula is C15H15ClN2O2S. The molecule has 0 atom stereocenters. The number of hydrogen-bond donors (Lipinski definition) is 0. The van der Waals surface area contributed by atoms with Crippen molar-refractivity contribution in [3.05, 3.63) is 61.3 Å². The Balaban J connectivity index is 1.76. The lowest BCUT2D eigenvalue weighted by molar-refractivity contribution is -0.384. The zero-order valence-corrected chi connectivity index (χ0v) is 12.9. The Labute approximate surface area is 132 Å². The highest BCUT2D eigenvalue weighted by molar-refractivity contribution is 7.09. The molecule has 110 valence electrons. The Morgan fingerprint density at radius 1 is 1.33 bits per heavy atom. The molecule has 0 amide bonds. The van der Waals surface area contributed by atoms with Crippen LogP contribution >= 0.6 is 22.9 Å². The average molecular weight is 323 g/mol. The maximum atomic E-state index is 11.0.